The topological polar surface area (TPSA) is 50.2 Å². The van der Waals surface area contributed by atoms with Gasteiger partial charge in [-0.2, -0.15) is 0 Å². The number of rotatable bonds is 5. The van der Waals surface area contributed by atoms with Gasteiger partial charge in [0.25, 0.3) is 5.56 Å². The molecule has 1 heterocycles. The normalized spacial score (nSPS) is 12.4. The molecule has 2 aromatic carbocycles. The maximum absolute atomic E-state index is 12.2. The molecule has 0 radical (unpaired) electrons. The Kier molecular flexibility index (Phi) is 4.88. The second-order valence-corrected chi connectivity index (χ2v) is 6.43. The predicted octanol–water partition coefficient (Wildman–Crippen LogP) is 2.29. The molecule has 0 saturated heterocycles. The number of quaternary nitrogens is 1. The van der Waals surface area contributed by atoms with E-state index in [-0.39, 0.29) is 5.56 Å². The van der Waals surface area contributed by atoms with Crippen molar-refractivity contribution < 1.29 is 4.90 Å². The molecule has 0 spiro atoms. The fraction of sp³-hybridized carbons (Fsp3) is 0.222. The average molecular weight is 373 g/mol. The third-order valence-electron chi connectivity index (χ3n) is 3.98. The number of nitrogens with one attached hydrogen (secondary N) is 2. The van der Waals surface area contributed by atoms with Gasteiger partial charge in [-0.25, -0.2) is 4.98 Å². The summed E-state index contributed by atoms with van der Waals surface area (Å²) >= 11 is 3.60. The van der Waals surface area contributed by atoms with Crippen molar-refractivity contribution in [3.63, 3.8) is 0 Å². The maximum atomic E-state index is 12.2. The number of fused-ring (bicyclic) bond motifs is 1. The van der Waals surface area contributed by atoms with Crippen LogP contribution in [0, 0.1) is 0 Å². The van der Waals surface area contributed by atoms with Crippen LogP contribution in [-0.2, 0) is 13.1 Å². The minimum Gasteiger partial charge on any atom is -0.325 e. The molecule has 1 atom stereocenters. The van der Waals surface area contributed by atoms with Gasteiger partial charge in [-0.15, -0.1) is 0 Å². The minimum absolute atomic E-state index is 0.0676. The second-order valence-electron chi connectivity index (χ2n) is 5.58. The number of H-pyrrole nitrogens is 1. The largest absolute Gasteiger partial charge is 0.325 e. The summed E-state index contributed by atoms with van der Waals surface area (Å²) in [5.41, 5.74) is 1.94. The highest BCUT2D eigenvalue weighted by molar-refractivity contribution is 9.10. The SMILES string of the molecule is CC[NH+](Cc1nc2ccccc2c(=O)[nH]1)Cc1ccccc1Br. The summed E-state index contributed by atoms with van der Waals surface area (Å²) in [6.07, 6.45) is 0. The van der Waals surface area contributed by atoms with Gasteiger partial charge in [-0.3, -0.25) is 4.79 Å². The van der Waals surface area contributed by atoms with Crippen molar-refractivity contribution in [1.29, 1.82) is 0 Å². The zero-order chi connectivity index (χ0) is 16.2. The quantitative estimate of drug-likeness (QED) is 0.721. The van der Waals surface area contributed by atoms with E-state index in [0.717, 1.165) is 28.9 Å². The summed E-state index contributed by atoms with van der Waals surface area (Å²) in [6, 6.07) is 15.7. The van der Waals surface area contributed by atoms with Crippen molar-refractivity contribution in [2.24, 2.45) is 0 Å². The Morgan fingerprint density at radius 3 is 2.61 bits per heavy atom. The van der Waals surface area contributed by atoms with Gasteiger partial charge in [0, 0.05) is 10.0 Å². The first-order chi connectivity index (χ1) is 11.2. The Labute approximate surface area is 143 Å². The van der Waals surface area contributed by atoms with Crippen LogP contribution in [0.5, 0.6) is 0 Å². The lowest BCUT2D eigenvalue weighted by molar-refractivity contribution is -0.926. The number of para-hydroxylation sites is 1. The summed E-state index contributed by atoms with van der Waals surface area (Å²) in [7, 11) is 0. The van der Waals surface area contributed by atoms with Gasteiger partial charge in [-0.05, 0) is 25.1 Å². The summed E-state index contributed by atoms with van der Waals surface area (Å²) in [6.45, 7) is 4.68. The monoisotopic (exact) mass is 372 g/mol. The van der Waals surface area contributed by atoms with Crippen molar-refractivity contribution in [2.75, 3.05) is 6.54 Å². The number of nitrogens with zero attached hydrogens (tertiary/aromatic N) is 1. The summed E-state index contributed by atoms with van der Waals surface area (Å²) in [4.78, 5) is 21.0. The first-order valence-electron chi connectivity index (χ1n) is 7.72. The molecule has 0 aliphatic heterocycles. The van der Waals surface area contributed by atoms with E-state index in [9.17, 15) is 4.79 Å². The first kappa shape index (κ1) is 15.9. The Bertz CT molecular complexity index is 875. The van der Waals surface area contributed by atoms with Crippen LogP contribution in [0.1, 0.15) is 18.3 Å². The van der Waals surface area contributed by atoms with Crippen molar-refractivity contribution in [2.45, 2.75) is 20.0 Å². The minimum atomic E-state index is -0.0676. The van der Waals surface area contributed by atoms with E-state index >= 15 is 0 Å². The van der Waals surface area contributed by atoms with Crippen LogP contribution in [0.4, 0.5) is 0 Å². The molecule has 1 unspecified atom stereocenters. The zero-order valence-electron chi connectivity index (χ0n) is 13.0. The Morgan fingerprint density at radius 2 is 1.83 bits per heavy atom. The van der Waals surface area contributed by atoms with Crippen LogP contribution in [-0.4, -0.2) is 16.5 Å². The lowest BCUT2D eigenvalue weighted by Crippen LogP contribution is -3.09. The molecule has 3 rings (SSSR count). The van der Waals surface area contributed by atoms with Gasteiger partial charge in [0.15, 0.2) is 5.82 Å². The van der Waals surface area contributed by atoms with Gasteiger partial charge < -0.3 is 9.88 Å². The molecule has 0 saturated carbocycles. The van der Waals surface area contributed by atoms with Crippen molar-refractivity contribution in [3.8, 4) is 0 Å². The van der Waals surface area contributed by atoms with E-state index in [0.29, 0.717) is 11.9 Å². The lowest BCUT2D eigenvalue weighted by Gasteiger charge is -2.18. The van der Waals surface area contributed by atoms with E-state index in [1.807, 2.05) is 30.3 Å². The molecule has 118 valence electrons. The van der Waals surface area contributed by atoms with Gasteiger partial charge in [-0.1, -0.05) is 46.3 Å². The van der Waals surface area contributed by atoms with Gasteiger partial charge >= 0.3 is 0 Å². The number of halogens is 1. The second kappa shape index (κ2) is 7.06. The van der Waals surface area contributed by atoms with Gasteiger partial charge in [0.1, 0.15) is 13.1 Å². The summed E-state index contributed by atoms with van der Waals surface area (Å²) in [5, 5.41) is 0.639. The average Bonchev–Trinajstić information content (AvgIpc) is 2.56. The number of hydrogen-bond donors (Lipinski definition) is 2. The summed E-state index contributed by atoms with van der Waals surface area (Å²) in [5.74, 6) is 0.734. The molecule has 23 heavy (non-hydrogen) atoms. The van der Waals surface area contributed by atoms with E-state index in [1.54, 1.807) is 6.07 Å². The molecular weight excluding hydrogens is 354 g/mol. The van der Waals surface area contributed by atoms with Crippen LogP contribution in [0.15, 0.2) is 57.8 Å². The van der Waals surface area contributed by atoms with Crippen LogP contribution in [0.25, 0.3) is 10.9 Å². The zero-order valence-corrected chi connectivity index (χ0v) is 14.6. The van der Waals surface area contributed by atoms with Crippen LogP contribution < -0.4 is 10.5 Å². The molecular formula is C18H19BrN3O+. The number of hydrogen-bond acceptors (Lipinski definition) is 2. The molecule has 1 aromatic heterocycles. The molecule has 0 fully saturated rings. The lowest BCUT2D eigenvalue weighted by atomic mass is 10.2. The Morgan fingerprint density at radius 1 is 1.09 bits per heavy atom. The highest BCUT2D eigenvalue weighted by atomic mass is 79.9. The van der Waals surface area contributed by atoms with Crippen molar-refractivity contribution >= 4 is 26.8 Å². The molecule has 0 bridgehead atoms. The molecule has 4 nitrogen and oxygen atoms in total. The molecule has 5 heteroatoms. The highest BCUT2D eigenvalue weighted by Gasteiger charge is 2.13. The fourth-order valence-electron chi connectivity index (χ4n) is 2.68. The summed E-state index contributed by atoms with van der Waals surface area (Å²) < 4.78 is 1.12. The number of aromatic amines is 1. The standard InChI is InChI=1S/C18H18BrN3O/c1-2-22(11-13-7-3-5-9-15(13)19)12-17-20-16-10-6-4-8-14(16)18(23)21-17/h3-10H,2,11-12H2,1H3,(H,20,21,23)/p+1. The van der Waals surface area contributed by atoms with Crippen LogP contribution >= 0.6 is 15.9 Å². The Hall–Kier alpha value is -1.98. The van der Waals surface area contributed by atoms with E-state index in [4.69, 9.17) is 0 Å². The first-order valence-corrected chi connectivity index (χ1v) is 8.51. The van der Waals surface area contributed by atoms with E-state index in [1.165, 1.54) is 10.5 Å². The fourth-order valence-corrected chi connectivity index (χ4v) is 3.10. The molecule has 0 aliphatic carbocycles. The third kappa shape index (κ3) is 3.68. The predicted molar refractivity (Wildman–Crippen MR) is 95.4 cm³/mol. The highest BCUT2D eigenvalue weighted by Crippen LogP contribution is 2.14. The maximum Gasteiger partial charge on any atom is 0.258 e. The van der Waals surface area contributed by atoms with Crippen molar-refractivity contribution in [1.82, 2.24) is 9.97 Å². The van der Waals surface area contributed by atoms with Crippen LogP contribution in [0.2, 0.25) is 0 Å². The molecule has 3 aromatic rings. The van der Waals surface area contributed by atoms with Gasteiger partial charge in [0.2, 0.25) is 0 Å². The molecule has 0 aliphatic rings. The smallest absolute Gasteiger partial charge is 0.258 e. The molecule has 0 amide bonds. The van der Waals surface area contributed by atoms with Crippen LogP contribution in [0.3, 0.4) is 0 Å². The third-order valence-corrected chi connectivity index (χ3v) is 4.75. The molecule has 2 N–H and O–H groups in total. The number of benzene rings is 2. The van der Waals surface area contributed by atoms with Crippen molar-refractivity contribution in [3.05, 3.63) is 74.7 Å². The Balaban J connectivity index is 1.84. The van der Waals surface area contributed by atoms with Gasteiger partial charge in [0.05, 0.1) is 17.4 Å². The van der Waals surface area contributed by atoms with E-state index in [2.05, 4.69) is 45.0 Å². The number of aromatic nitrogens is 2. The van der Waals surface area contributed by atoms with E-state index < -0.39 is 0 Å².